The average Bonchev–Trinajstić information content (AvgIpc) is 2.98. The molecule has 0 aromatic heterocycles. The summed E-state index contributed by atoms with van der Waals surface area (Å²) in [6, 6.07) is 11.0. The van der Waals surface area contributed by atoms with E-state index in [1.165, 1.54) is 0 Å². The van der Waals surface area contributed by atoms with E-state index in [-0.39, 0.29) is 30.9 Å². The van der Waals surface area contributed by atoms with E-state index in [0.717, 1.165) is 12.1 Å². The summed E-state index contributed by atoms with van der Waals surface area (Å²) in [5.74, 6) is -2.56. The third-order valence-corrected chi connectivity index (χ3v) is 5.46. The first-order valence-electron chi connectivity index (χ1n) is 14.4. The van der Waals surface area contributed by atoms with E-state index >= 15 is 0 Å². The Bertz CT molecular complexity index is 1170. The molecule has 2 aromatic rings. The summed E-state index contributed by atoms with van der Waals surface area (Å²) in [6.07, 6.45) is -0.784. The molecule has 1 heterocycles. The average molecular weight is 406 g/mol. The van der Waals surface area contributed by atoms with Crippen molar-refractivity contribution in [3.8, 4) is 11.5 Å². The minimum atomic E-state index is -2.95. The van der Waals surface area contributed by atoms with Crippen LogP contribution in [0, 0.1) is 11.8 Å². The molecule has 2 aliphatic rings. The molecule has 0 saturated carbocycles. The number of Topliss-reactive ketones (excluding diaryl/α,β-unsaturated/α-hetero) is 1. The van der Waals surface area contributed by atoms with E-state index in [1.807, 2.05) is 6.07 Å². The first-order chi connectivity index (χ1) is 17.5. The van der Waals surface area contributed by atoms with E-state index in [9.17, 15) is 4.79 Å². The maximum Gasteiger partial charge on any atom is 0.166 e. The summed E-state index contributed by atoms with van der Waals surface area (Å²) in [6.45, 7) is -0.772. The van der Waals surface area contributed by atoms with Crippen molar-refractivity contribution in [1.82, 2.24) is 4.90 Å². The first kappa shape index (κ1) is 11.8. The number of carbonyl (C=O) groups excluding carboxylic acids is 1. The molecule has 0 spiro atoms. The van der Waals surface area contributed by atoms with E-state index in [0.29, 0.717) is 31.5 Å². The van der Waals surface area contributed by atoms with Crippen molar-refractivity contribution in [3.05, 3.63) is 59.2 Å². The van der Waals surface area contributed by atoms with E-state index in [2.05, 4.69) is 0 Å². The molecule has 1 fully saturated rings. The quantitative estimate of drug-likeness (QED) is 0.678. The van der Waals surface area contributed by atoms with Gasteiger partial charge in [-0.3, -0.25) is 9.69 Å². The zero-order valence-electron chi connectivity index (χ0n) is 25.4. The number of piperidine rings is 1. The van der Waals surface area contributed by atoms with Crippen molar-refractivity contribution in [1.29, 1.82) is 0 Å². The van der Waals surface area contributed by atoms with Gasteiger partial charge in [0.05, 0.1) is 22.3 Å². The van der Waals surface area contributed by atoms with Crippen molar-refractivity contribution >= 4 is 5.78 Å². The van der Waals surface area contributed by atoms with Gasteiger partial charge in [0.1, 0.15) is 0 Å². The number of likely N-dealkylation sites (tertiary alicyclic amines) is 1. The zero-order valence-corrected chi connectivity index (χ0v) is 15.4. The summed E-state index contributed by atoms with van der Waals surface area (Å²) >= 11 is 0. The molecule has 1 saturated heterocycles. The van der Waals surface area contributed by atoms with Gasteiger partial charge >= 0.3 is 0 Å². The van der Waals surface area contributed by atoms with Crippen molar-refractivity contribution in [2.75, 3.05) is 27.2 Å². The number of rotatable bonds is 6. The molecular weight excluding hydrogens is 362 g/mol. The highest BCUT2D eigenvalue weighted by Crippen LogP contribution is 2.39. The normalized spacial score (nSPS) is 27.7. The van der Waals surface area contributed by atoms with Crippen LogP contribution in [0.3, 0.4) is 0 Å². The van der Waals surface area contributed by atoms with E-state index < -0.39 is 50.1 Å². The Morgan fingerprint density at radius 2 is 1.83 bits per heavy atom. The highest BCUT2D eigenvalue weighted by atomic mass is 16.5. The molecule has 4 rings (SSSR count). The molecule has 29 heavy (non-hydrogen) atoms. The van der Waals surface area contributed by atoms with Crippen LogP contribution >= 0.6 is 0 Å². The number of hydrogen-bond donors (Lipinski definition) is 0. The number of methoxy groups -OCH3 is 2. The second-order valence-corrected chi connectivity index (χ2v) is 7.25. The standard InChI is InChI=1S/C24H29NO3.CH4/c1-27-22-14-19-13-20(24(26)21(19)15-23(22)28-2)12-17-8-10-25(11-9-17)16-18-6-4-3-5-7-18;/h3-7,14-15,17,20H,8-13,16H2,1-2H3;1H4/i1D3,2D3,13D2,16D2;. The fraction of sp³-hybridized carbons (Fsp3) is 0.480. The highest BCUT2D eigenvalue weighted by molar-refractivity contribution is 6.02. The van der Waals surface area contributed by atoms with Crippen LogP contribution in [0.5, 0.6) is 11.5 Å². The van der Waals surface area contributed by atoms with Crippen LogP contribution in [0.1, 0.15) is 61.9 Å². The number of nitrogens with zero attached hydrogens (tertiary/aromatic N) is 1. The van der Waals surface area contributed by atoms with Gasteiger partial charge in [-0.1, -0.05) is 37.8 Å². The lowest BCUT2D eigenvalue weighted by molar-refractivity contribution is 0.0895. The van der Waals surface area contributed by atoms with Crippen LogP contribution < -0.4 is 9.47 Å². The Morgan fingerprint density at radius 1 is 1.14 bits per heavy atom. The SMILES string of the molecule is C.[2H]C([2H])([2H])Oc1cc2c(cc1OC([2H])([2H])[2H])C([2H])([2H])C(CC1CCN(C([2H])([2H])c3ccccc3)CC1)C2=O. The maximum absolute atomic E-state index is 13.4. The van der Waals surface area contributed by atoms with Gasteiger partial charge in [-0.2, -0.15) is 0 Å². The molecule has 1 aliphatic carbocycles. The zero-order chi connectivity index (χ0) is 28.1. The van der Waals surface area contributed by atoms with Crippen molar-refractivity contribution < 1.29 is 28.0 Å². The Kier molecular flexibility index (Phi) is 3.83. The second kappa shape index (κ2) is 9.45. The molecule has 0 N–H and O–H groups in total. The highest BCUT2D eigenvalue weighted by Gasteiger charge is 2.34. The van der Waals surface area contributed by atoms with Gasteiger partial charge in [0, 0.05) is 23.5 Å². The summed E-state index contributed by atoms with van der Waals surface area (Å²) in [4.78, 5) is 15.1. The molecule has 0 amide bonds. The summed E-state index contributed by atoms with van der Waals surface area (Å²) in [7, 11) is -5.89. The second-order valence-electron chi connectivity index (χ2n) is 7.25. The smallest absolute Gasteiger partial charge is 0.166 e. The maximum atomic E-state index is 13.4. The molecule has 1 aliphatic heterocycles. The fourth-order valence-electron chi connectivity index (χ4n) is 3.96. The Labute approximate surface area is 188 Å². The van der Waals surface area contributed by atoms with Crippen molar-refractivity contribution in [2.45, 2.75) is 39.6 Å². The topological polar surface area (TPSA) is 38.8 Å². The first-order valence-corrected chi connectivity index (χ1v) is 9.40. The van der Waals surface area contributed by atoms with Crippen LogP contribution in [0.25, 0.3) is 0 Å². The molecule has 0 radical (unpaired) electrons. The Hall–Kier alpha value is -2.33. The molecular formula is C25H33NO3. The lowest BCUT2D eigenvalue weighted by atomic mass is 9.85. The van der Waals surface area contributed by atoms with Crippen LogP contribution in [-0.4, -0.2) is 37.8 Å². The molecule has 1 unspecified atom stereocenters. The number of ether oxygens (including phenoxy) is 2. The molecule has 1 atom stereocenters. The minimum absolute atomic E-state index is 0. The number of fused-ring (bicyclic) bond motifs is 1. The predicted molar refractivity (Wildman–Crippen MR) is 117 cm³/mol. The fourth-order valence-corrected chi connectivity index (χ4v) is 3.96. The molecule has 4 heteroatoms. The van der Waals surface area contributed by atoms with Gasteiger partial charge in [0.2, 0.25) is 0 Å². The van der Waals surface area contributed by atoms with E-state index in [4.69, 9.17) is 23.2 Å². The number of hydrogen-bond acceptors (Lipinski definition) is 4. The number of carbonyl (C=O) groups is 1. The van der Waals surface area contributed by atoms with Gasteiger partial charge in [0.25, 0.3) is 0 Å². The van der Waals surface area contributed by atoms with Crippen LogP contribution in [0.15, 0.2) is 42.5 Å². The van der Waals surface area contributed by atoms with Gasteiger partial charge in [-0.25, -0.2) is 0 Å². The lowest BCUT2D eigenvalue weighted by Crippen LogP contribution is -2.34. The lowest BCUT2D eigenvalue weighted by Gasteiger charge is -2.32. The summed E-state index contributed by atoms with van der Waals surface area (Å²) in [5, 5.41) is 0. The number of benzene rings is 2. The Morgan fingerprint density at radius 3 is 2.52 bits per heavy atom. The molecule has 2 aromatic carbocycles. The van der Waals surface area contributed by atoms with Crippen LogP contribution in [0.2, 0.25) is 0 Å². The molecule has 0 bridgehead atoms. The van der Waals surface area contributed by atoms with Gasteiger partial charge < -0.3 is 9.47 Å². The summed E-state index contributed by atoms with van der Waals surface area (Å²) < 4.78 is 88.7. The monoisotopic (exact) mass is 405 g/mol. The van der Waals surface area contributed by atoms with Gasteiger partial charge in [-0.05, 0) is 67.9 Å². The third-order valence-electron chi connectivity index (χ3n) is 5.46. The van der Waals surface area contributed by atoms with E-state index in [1.54, 1.807) is 29.2 Å². The van der Waals surface area contributed by atoms with Crippen molar-refractivity contribution in [3.63, 3.8) is 0 Å². The van der Waals surface area contributed by atoms with Gasteiger partial charge in [0.15, 0.2) is 17.3 Å². The predicted octanol–water partition coefficient (Wildman–Crippen LogP) is 5.00. The minimum Gasteiger partial charge on any atom is -0.493 e. The number of ketones is 1. The van der Waals surface area contributed by atoms with Gasteiger partial charge in [-0.15, -0.1) is 0 Å². The van der Waals surface area contributed by atoms with Crippen LogP contribution in [0.4, 0.5) is 0 Å². The third kappa shape index (κ3) is 4.64. The molecule has 4 nitrogen and oxygen atoms in total. The van der Waals surface area contributed by atoms with Crippen molar-refractivity contribution in [2.24, 2.45) is 11.8 Å². The molecule has 156 valence electrons. The summed E-state index contributed by atoms with van der Waals surface area (Å²) in [5.41, 5.74) is 0.429. The Balaban J connectivity index is 0.00000420. The largest absolute Gasteiger partial charge is 0.493 e. The van der Waals surface area contributed by atoms with Crippen LogP contribution in [-0.2, 0) is 12.9 Å².